The highest BCUT2D eigenvalue weighted by atomic mass is 16.2. The van der Waals surface area contributed by atoms with Gasteiger partial charge in [-0.2, -0.15) is 0 Å². The van der Waals surface area contributed by atoms with Crippen LogP contribution in [0.3, 0.4) is 0 Å². The van der Waals surface area contributed by atoms with Crippen molar-refractivity contribution in [2.45, 2.75) is 46.1 Å². The summed E-state index contributed by atoms with van der Waals surface area (Å²) in [5.41, 5.74) is 0. The molecule has 3 N–H and O–H groups in total. The summed E-state index contributed by atoms with van der Waals surface area (Å²) in [7, 11) is 1.48. The van der Waals surface area contributed by atoms with Crippen LogP contribution < -0.4 is 16.0 Å². The summed E-state index contributed by atoms with van der Waals surface area (Å²) in [5, 5.41) is 7.67. The minimum atomic E-state index is -0.469. The Morgan fingerprint density at radius 1 is 1.12 bits per heavy atom. The molecule has 0 radical (unpaired) electrons. The summed E-state index contributed by atoms with van der Waals surface area (Å²) in [6.45, 7) is 6.95. The fourth-order valence-corrected chi connectivity index (χ4v) is 1.37. The van der Waals surface area contributed by atoms with E-state index in [4.69, 9.17) is 0 Å². The number of hydrogen-bond acceptors (Lipinski definition) is 3. The predicted octanol–water partition coefficient (Wildman–Crippen LogP) is 1.25. The van der Waals surface area contributed by atoms with Gasteiger partial charge < -0.3 is 10.6 Å². The predicted molar refractivity (Wildman–Crippen MR) is 68.8 cm³/mol. The summed E-state index contributed by atoms with van der Waals surface area (Å²) in [5.74, 6) is 0.428. The molecule has 0 aliphatic carbocycles. The van der Waals surface area contributed by atoms with Crippen LogP contribution in [0.5, 0.6) is 0 Å². The zero-order valence-corrected chi connectivity index (χ0v) is 11.3. The smallest absolute Gasteiger partial charge is 0.321 e. The van der Waals surface area contributed by atoms with Gasteiger partial charge in [0.05, 0.1) is 6.04 Å². The van der Waals surface area contributed by atoms with E-state index >= 15 is 0 Å². The normalized spacial score (nSPS) is 12.3. The van der Waals surface area contributed by atoms with E-state index in [1.165, 1.54) is 13.5 Å². The van der Waals surface area contributed by atoms with E-state index in [-0.39, 0.29) is 11.9 Å². The fourth-order valence-electron chi connectivity index (χ4n) is 1.37. The zero-order chi connectivity index (χ0) is 13.3. The summed E-state index contributed by atoms with van der Waals surface area (Å²) >= 11 is 0. The topological polar surface area (TPSA) is 70.2 Å². The minimum absolute atomic E-state index is 0.298. The Bertz CT molecular complexity index is 242. The van der Waals surface area contributed by atoms with E-state index in [0.717, 1.165) is 25.3 Å². The van der Waals surface area contributed by atoms with Crippen LogP contribution in [0.15, 0.2) is 0 Å². The average Bonchev–Trinajstić information content (AvgIpc) is 2.27. The molecule has 0 rings (SSSR count). The first-order chi connectivity index (χ1) is 7.97. The Labute approximate surface area is 104 Å². The third-order valence-corrected chi connectivity index (χ3v) is 2.52. The van der Waals surface area contributed by atoms with Gasteiger partial charge in [0.15, 0.2) is 0 Å². The van der Waals surface area contributed by atoms with E-state index in [9.17, 15) is 9.59 Å². The Hall–Kier alpha value is -1.10. The molecule has 0 aromatic heterocycles. The van der Waals surface area contributed by atoms with Crippen molar-refractivity contribution in [3.8, 4) is 0 Å². The van der Waals surface area contributed by atoms with Crippen molar-refractivity contribution in [1.82, 2.24) is 16.0 Å². The molecule has 0 spiro atoms. The number of nitrogens with one attached hydrogen (secondary N) is 3. The molecule has 0 aliphatic heterocycles. The third kappa shape index (κ3) is 8.68. The van der Waals surface area contributed by atoms with E-state index in [1.54, 1.807) is 6.92 Å². The molecule has 0 aromatic rings. The number of rotatable bonds is 7. The van der Waals surface area contributed by atoms with Crippen LogP contribution in [0.2, 0.25) is 0 Å². The largest absolute Gasteiger partial charge is 0.341 e. The van der Waals surface area contributed by atoms with Crippen LogP contribution in [0.1, 0.15) is 40.0 Å². The van der Waals surface area contributed by atoms with Crippen LogP contribution >= 0.6 is 0 Å². The van der Waals surface area contributed by atoms with Gasteiger partial charge in [0.2, 0.25) is 5.91 Å². The first-order valence-corrected chi connectivity index (χ1v) is 6.23. The molecule has 1 unspecified atom stereocenters. The molecule has 0 aromatic carbocycles. The van der Waals surface area contributed by atoms with Crippen molar-refractivity contribution in [3.05, 3.63) is 0 Å². The van der Waals surface area contributed by atoms with Gasteiger partial charge in [-0.05, 0) is 25.8 Å². The number of amides is 3. The van der Waals surface area contributed by atoms with Gasteiger partial charge in [0, 0.05) is 7.05 Å². The molecule has 1 atom stereocenters. The van der Waals surface area contributed by atoms with Crippen LogP contribution in [-0.4, -0.2) is 31.6 Å². The highest BCUT2D eigenvalue weighted by Crippen LogP contribution is 2.05. The maximum Gasteiger partial charge on any atom is 0.321 e. The Morgan fingerprint density at radius 2 is 1.76 bits per heavy atom. The molecule has 100 valence electrons. The fraction of sp³-hybridized carbons (Fsp3) is 0.833. The van der Waals surface area contributed by atoms with E-state index in [1.807, 2.05) is 0 Å². The first-order valence-electron chi connectivity index (χ1n) is 6.23. The van der Waals surface area contributed by atoms with Gasteiger partial charge >= 0.3 is 6.03 Å². The molecule has 0 saturated carbocycles. The monoisotopic (exact) mass is 243 g/mol. The Balaban J connectivity index is 3.60. The molecule has 0 bridgehead atoms. The molecular weight excluding hydrogens is 218 g/mol. The summed E-state index contributed by atoms with van der Waals surface area (Å²) in [6.07, 6.45) is 3.42. The first kappa shape index (κ1) is 15.9. The molecule has 0 aliphatic rings. The summed E-state index contributed by atoms with van der Waals surface area (Å²) < 4.78 is 0. The Kier molecular flexibility index (Phi) is 8.40. The summed E-state index contributed by atoms with van der Waals surface area (Å²) in [6, 6.07) is -0.810. The van der Waals surface area contributed by atoms with Crippen molar-refractivity contribution < 1.29 is 9.59 Å². The number of carbonyl (C=O) groups is 2. The second-order valence-corrected chi connectivity index (χ2v) is 4.63. The van der Waals surface area contributed by atoms with Gasteiger partial charge in [-0.1, -0.05) is 26.7 Å². The average molecular weight is 243 g/mol. The lowest BCUT2D eigenvalue weighted by atomic mass is 10.1. The van der Waals surface area contributed by atoms with E-state index < -0.39 is 6.03 Å². The van der Waals surface area contributed by atoms with Gasteiger partial charge in [0.25, 0.3) is 0 Å². The number of hydrogen-bond donors (Lipinski definition) is 3. The molecule has 17 heavy (non-hydrogen) atoms. The maximum atomic E-state index is 11.4. The lowest BCUT2D eigenvalue weighted by molar-refractivity contribution is -0.121. The van der Waals surface area contributed by atoms with Gasteiger partial charge in [-0.25, -0.2) is 4.79 Å². The maximum absolute atomic E-state index is 11.4. The van der Waals surface area contributed by atoms with E-state index in [2.05, 4.69) is 29.8 Å². The van der Waals surface area contributed by atoms with Crippen LogP contribution in [0.4, 0.5) is 4.79 Å². The minimum Gasteiger partial charge on any atom is -0.341 e. The number of imide groups is 1. The zero-order valence-electron chi connectivity index (χ0n) is 11.3. The third-order valence-electron chi connectivity index (χ3n) is 2.52. The quantitative estimate of drug-likeness (QED) is 0.589. The number of urea groups is 1. The molecule has 0 heterocycles. The van der Waals surface area contributed by atoms with Crippen molar-refractivity contribution >= 4 is 11.9 Å². The Morgan fingerprint density at radius 3 is 2.29 bits per heavy atom. The molecule has 5 heteroatoms. The van der Waals surface area contributed by atoms with Crippen molar-refractivity contribution in [3.63, 3.8) is 0 Å². The van der Waals surface area contributed by atoms with Crippen LogP contribution in [0.25, 0.3) is 0 Å². The highest BCUT2D eigenvalue weighted by molar-refractivity contribution is 5.96. The van der Waals surface area contributed by atoms with E-state index in [0.29, 0.717) is 0 Å². The molecule has 3 amide bonds. The van der Waals surface area contributed by atoms with Crippen molar-refractivity contribution in [1.29, 1.82) is 0 Å². The van der Waals surface area contributed by atoms with Crippen molar-refractivity contribution in [2.24, 2.45) is 5.92 Å². The van der Waals surface area contributed by atoms with Gasteiger partial charge in [-0.3, -0.25) is 10.1 Å². The summed E-state index contributed by atoms with van der Waals surface area (Å²) in [4.78, 5) is 22.4. The van der Waals surface area contributed by atoms with Crippen LogP contribution in [-0.2, 0) is 4.79 Å². The molecular formula is C12H25N3O2. The molecule has 0 saturated heterocycles. The standard InChI is InChI=1S/C12H25N3O2/c1-9(2)7-5-6-8-14-10(3)11(16)15-12(17)13-4/h9-10,14H,5-8H2,1-4H3,(H2,13,15,16,17). The number of unbranched alkanes of at least 4 members (excludes halogenated alkanes) is 1. The number of carbonyl (C=O) groups excluding carboxylic acids is 2. The molecule has 0 fully saturated rings. The highest BCUT2D eigenvalue weighted by Gasteiger charge is 2.13. The van der Waals surface area contributed by atoms with Gasteiger partial charge in [0.1, 0.15) is 0 Å². The van der Waals surface area contributed by atoms with Gasteiger partial charge in [-0.15, -0.1) is 0 Å². The van der Waals surface area contributed by atoms with Crippen LogP contribution in [0, 0.1) is 5.92 Å². The molecule has 5 nitrogen and oxygen atoms in total. The SMILES string of the molecule is CNC(=O)NC(=O)C(C)NCCCCC(C)C. The second-order valence-electron chi connectivity index (χ2n) is 4.63. The van der Waals surface area contributed by atoms with Crippen molar-refractivity contribution in [2.75, 3.05) is 13.6 Å². The lowest BCUT2D eigenvalue weighted by Crippen LogP contribution is -2.47. The second kappa shape index (κ2) is 8.98. The lowest BCUT2D eigenvalue weighted by Gasteiger charge is -2.13.